The number of hydrogen-bond donors (Lipinski definition) is 1. The van der Waals surface area contributed by atoms with E-state index in [1.165, 1.54) is 0 Å². The summed E-state index contributed by atoms with van der Waals surface area (Å²) in [5, 5.41) is 20.5. The summed E-state index contributed by atoms with van der Waals surface area (Å²) in [6, 6.07) is 33.8. The third kappa shape index (κ3) is 4.39. The number of carbonyl (C=O) groups is 1. The van der Waals surface area contributed by atoms with Crippen molar-refractivity contribution in [1.82, 2.24) is 18.5 Å². The zero-order valence-electron chi connectivity index (χ0n) is 24.0. The van der Waals surface area contributed by atoms with Gasteiger partial charge >= 0.3 is 5.91 Å². The average Bonchev–Trinajstić information content (AvgIpc) is 3.67. The Morgan fingerprint density at radius 2 is 1.49 bits per heavy atom. The van der Waals surface area contributed by atoms with Gasteiger partial charge in [0.1, 0.15) is 11.4 Å². The number of benzene rings is 4. The smallest absolute Gasteiger partial charge is 0.314 e. The summed E-state index contributed by atoms with van der Waals surface area (Å²) < 4.78 is 5.78. The topological polar surface area (TPSA) is 89.2 Å². The fourth-order valence-corrected chi connectivity index (χ4v) is 5.88. The van der Waals surface area contributed by atoms with Crippen LogP contribution < -0.4 is 0 Å². The minimum Gasteiger partial charge on any atom is -0.493 e. The molecule has 212 valence electrons. The van der Waals surface area contributed by atoms with Crippen molar-refractivity contribution < 1.29 is 9.90 Å². The van der Waals surface area contributed by atoms with Crippen LogP contribution in [0.3, 0.4) is 0 Å². The van der Waals surface area contributed by atoms with Gasteiger partial charge in [-0.05, 0) is 48.7 Å². The normalized spacial score (nSPS) is 11.9. The second-order valence-corrected chi connectivity index (χ2v) is 10.5. The molecule has 3 aromatic heterocycles. The van der Waals surface area contributed by atoms with Crippen molar-refractivity contribution in [2.75, 3.05) is 0 Å². The zero-order valence-corrected chi connectivity index (χ0v) is 24.0. The first-order valence-corrected chi connectivity index (χ1v) is 14.5. The maximum atomic E-state index is 14.1. The zero-order chi connectivity index (χ0) is 29.5. The highest BCUT2D eigenvalue weighted by Crippen LogP contribution is 2.40. The molecule has 7 aromatic rings. The number of rotatable bonds is 7. The minimum atomic E-state index is -0.544. The van der Waals surface area contributed by atoms with Crippen molar-refractivity contribution in [3.63, 3.8) is 0 Å². The number of carbonyl (C=O) groups excluding carboxylic acids is 1. The Kier molecular flexibility index (Phi) is 6.58. The summed E-state index contributed by atoms with van der Waals surface area (Å²) in [6.07, 6.45) is 0.838. The summed E-state index contributed by atoms with van der Waals surface area (Å²) in [6.45, 7) is 5.17. The van der Waals surface area contributed by atoms with Crippen LogP contribution in [0.1, 0.15) is 35.5 Å². The van der Waals surface area contributed by atoms with Gasteiger partial charge in [0.25, 0.3) is 0 Å². The van der Waals surface area contributed by atoms with Gasteiger partial charge in [-0.1, -0.05) is 85.8 Å². The molecule has 4 aromatic carbocycles. The summed E-state index contributed by atoms with van der Waals surface area (Å²) in [5.74, 6) is 0.0846. The fraction of sp³-hybridized carbons (Fsp3) is 0.143. The van der Waals surface area contributed by atoms with Gasteiger partial charge in [0.2, 0.25) is 11.7 Å². The van der Waals surface area contributed by atoms with E-state index in [0.717, 1.165) is 45.0 Å². The highest BCUT2D eigenvalue weighted by atomic mass is 16.3. The molecule has 1 N–H and O–H groups in total. The second-order valence-electron chi connectivity index (χ2n) is 10.5. The lowest BCUT2D eigenvalue weighted by Gasteiger charge is -2.05. The number of azo groups is 1. The molecule has 0 radical (unpaired) electrons. The molecule has 3 heterocycles. The van der Waals surface area contributed by atoms with Gasteiger partial charge < -0.3 is 14.2 Å². The lowest BCUT2D eigenvalue weighted by molar-refractivity contribution is 0.0990. The predicted octanol–water partition coefficient (Wildman–Crippen LogP) is 8.17. The van der Waals surface area contributed by atoms with E-state index in [0.29, 0.717) is 30.3 Å². The monoisotopic (exact) mass is 566 g/mol. The molecule has 0 bridgehead atoms. The first-order chi connectivity index (χ1) is 21.1. The molecule has 0 fully saturated rings. The number of nitrogens with zero attached hydrogens (tertiary/aromatic N) is 6. The van der Waals surface area contributed by atoms with Crippen molar-refractivity contribution >= 4 is 39.3 Å². The fourth-order valence-electron chi connectivity index (χ4n) is 5.88. The maximum absolute atomic E-state index is 14.1. The van der Waals surface area contributed by atoms with Crippen LogP contribution in [0.25, 0.3) is 39.0 Å². The molecule has 0 spiro atoms. The Hall–Kier alpha value is -5.50. The van der Waals surface area contributed by atoms with E-state index >= 15 is 0 Å². The van der Waals surface area contributed by atoms with Gasteiger partial charge in [-0.2, -0.15) is 0 Å². The Morgan fingerprint density at radius 3 is 2.21 bits per heavy atom. The summed E-state index contributed by atoms with van der Waals surface area (Å²) >= 11 is 0. The molecule has 0 aliphatic heterocycles. The van der Waals surface area contributed by atoms with Gasteiger partial charge in [0, 0.05) is 17.5 Å². The Labute approximate surface area is 248 Å². The van der Waals surface area contributed by atoms with E-state index in [1.807, 2.05) is 102 Å². The van der Waals surface area contributed by atoms with Crippen LogP contribution in [-0.4, -0.2) is 29.5 Å². The average molecular weight is 567 g/mol. The molecule has 0 saturated carbocycles. The van der Waals surface area contributed by atoms with Crippen LogP contribution in [0, 0.1) is 0 Å². The van der Waals surface area contributed by atoms with E-state index in [4.69, 9.17) is 4.98 Å². The number of aromatic hydroxyl groups is 1. The molecule has 7 rings (SSSR count). The molecule has 8 nitrogen and oxygen atoms in total. The number of imidazole rings is 2. The Bertz CT molecular complexity index is 2150. The highest BCUT2D eigenvalue weighted by Gasteiger charge is 2.26. The maximum Gasteiger partial charge on any atom is 0.314 e. The van der Waals surface area contributed by atoms with Crippen LogP contribution in [0.5, 0.6) is 5.88 Å². The molecular weight excluding hydrogens is 536 g/mol. The number of aryl methyl sites for hydroxylation is 2. The van der Waals surface area contributed by atoms with Crippen molar-refractivity contribution in [2.45, 2.75) is 33.4 Å². The largest absolute Gasteiger partial charge is 0.493 e. The van der Waals surface area contributed by atoms with Crippen LogP contribution in [0.15, 0.2) is 113 Å². The van der Waals surface area contributed by atoms with E-state index in [-0.39, 0.29) is 11.6 Å². The van der Waals surface area contributed by atoms with Crippen LogP contribution >= 0.6 is 0 Å². The number of fused-ring (bicyclic) bond motifs is 4. The van der Waals surface area contributed by atoms with Crippen molar-refractivity contribution in [3.05, 3.63) is 120 Å². The van der Waals surface area contributed by atoms with Crippen LogP contribution in [0.4, 0.5) is 5.69 Å². The molecule has 43 heavy (non-hydrogen) atoms. The Balaban J connectivity index is 1.43. The van der Waals surface area contributed by atoms with Gasteiger partial charge in [0.05, 0.1) is 23.1 Å². The summed E-state index contributed by atoms with van der Waals surface area (Å²) in [5.41, 5.74) is 6.82. The molecule has 0 atom stereocenters. The highest BCUT2D eigenvalue weighted by molar-refractivity contribution is 6.03. The first kappa shape index (κ1) is 26.4. The molecule has 0 aliphatic rings. The van der Waals surface area contributed by atoms with E-state index in [2.05, 4.69) is 33.9 Å². The molecule has 1 amide bonds. The number of hydrogen-bond acceptors (Lipinski definition) is 4. The standard InChI is InChI=1S/C35H30N6O2/c1-3-23-19-20-27-26(21-23)31(34(43)39(27)4-2)37-38-33(42)32-30(25-15-9-6-10-16-25)36-35-40(22-24-13-7-5-8-14-24)28-17-11-12-18-29(28)41(32)35/h5-21,43H,3-4,22H2,1-2H3. The Morgan fingerprint density at radius 1 is 0.791 bits per heavy atom. The van der Waals surface area contributed by atoms with Gasteiger partial charge in [-0.25, -0.2) is 4.98 Å². The number of aromatic nitrogens is 4. The number of para-hydroxylation sites is 2. The predicted molar refractivity (Wildman–Crippen MR) is 169 cm³/mol. The second kappa shape index (κ2) is 10.7. The van der Waals surface area contributed by atoms with Crippen LogP contribution in [0.2, 0.25) is 0 Å². The molecule has 0 unspecified atom stereocenters. The van der Waals surface area contributed by atoms with E-state index < -0.39 is 5.91 Å². The third-order valence-corrected chi connectivity index (χ3v) is 7.99. The van der Waals surface area contributed by atoms with Crippen LogP contribution in [-0.2, 0) is 19.5 Å². The number of amides is 1. The lowest BCUT2D eigenvalue weighted by atomic mass is 10.1. The van der Waals surface area contributed by atoms with Crippen molar-refractivity contribution in [2.24, 2.45) is 10.2 Å². The van der Waals surface area contributed by atoms with Crippen molar-refractivity contribution in [3.8, 4) is 17.1 Å². The first-order valence-electron chi connectivity index (χ1n) is 14.5. The van der Waals surface area contributed by atoms with Gasteiger partial charge in [-0.3, -0.25) is 9.20 Å². The summed E-state index contributed by atoms with van der Waals surface area (Å²) in [4.78, 5) is 19.2. The van der Waals surface area contributed by atoms with Gasteiger partial charge in [-0.15, -0.1) is 10.2 Å². The molecule has 8 heteroatoms. The SMILES string of the molecule is CCc1ccc2c(c1)c(N=NC(=O)c1c(-c3ccccc3)nc3n(Cc4ccccc4)c4ccccc4n13)c(O)n2CC. The molecular formula is C35H30N6O2. The minimum absolute atomic E-state index is 0.0107. The lowest BCUT2D eigenvalue weighted by Crippen LogP contribution is -2.02. The molecule has 0 saturated heterocycles. The molecule has 0 aliphatic carbocycles. The van der Waals surface area contributed by atoms with E-state index in [9.17, 15) is 9.90 Å². The van der Waals surface area contributed by atoms with Gasteiger partial charge in [0.15, 0.2) is 5.69 Å². The van der Waals surface area contributed by atoms with E-state index in [1.54, 1.807) is 4.57 Å². The summed E-state index contributed by atoms with van der Waals surface area (Å²) in [7, 11) is 0. The van der Waals surface area contributed by atoms with Crippen molar-refractivity contribution in [1.29, 1.82) is 0 Å². The third-order valence-electron chi connectivity index (χ3n) is 7.99. The quantitative estimate of drug-likeness (QED) is 0.197.